The molecule has 1 rings (SSSR count). The highest BCUT2D eigenvalue weighted by Crippen LogP contribution is 2.24. The molecule has 0 bridgehead atoms. The molecule has 0 saturated carbocycles. The van der Waals surface area contributed by atoms with Crippen LogP contribution in [-0.4, -0.2) is 50.9 Å². The Morgan fingerprint density at radius 3 is 2.47 bits per heavy atom. The summed E-state index contributed by atoms with van der Waals surface area (Å²) in [4.78, 5) is 11.6. The van der Waals surface area contributed by atoms with E-state index < -0.39 is 40.0 Å². The van der Waals surface area contributed by atoms with Crippen molar-refractivity contribution in [3.63, 3.8) is 0 Å². The number of ether oxygens (including phenoxy) is 2. The maximum absolute atomic E-state index is 11.6. The zero-order chi connectivity index (χ0) is 14.8. The SMILES string of the molecule is CC(C)(C)C(=O)OC[C@H]1OC(O)C[C@@H]1OS(C)(=O)=O. The minimum absolute atomic E-state index is 0.0187. The monoisotopic (exact) mass is 296 g/mol. The Morgan fingerprint density at radius 2 is 2.00 bits per heavy atom. The summed E-state index contributed by atoms with van der Waals surface area (Å²) in [6.07, 6.45) is -1.83. The van der Waals surface area contributed by atoms with Crippen LogP contribution >= 0.6 is 0 Å². The van der Waals surface area contributed by atoms with Crippen LogP contribution in [-0.2, 0) is 28.6 Å². The van der Waals surface area contributed by atoms with Gasteiger partial charge in [-0.3, -0.25) is 8.98 Å². The fourth-order valence-corrected chi connectivity index (χ4v) is 2.19. The molecule has 0 spiro atoms. The van der Waals surface area contributed by atoms with Gasteiger partial charge in [-0.1, -0.05) is 0 Å². The Hall–Kier alpha value is -0.700. The first-order valence-electron chi connectivity index (χ1n) is 5.88. The first-order valence-corrected chi connectivity index (χ1v) is 7.70. The molecule has 1 aliphatic rings. The largest absolute Gasteiger partial charge is 0.462 e. The maximum Gasteiger partial charge on any atom is 0.311 e. The van der Waals surface area contributed by atoms with E-state index in [2.05, 4.69) is 0 Å². The van der Waals surface area contributed by atoms with Gasteiger partial charge in [0.05, 0.1) is 11.7 Å². The highest BCUT2D eigenvalue weighted by Gasteiger charge is 2.38. The van der Waals surface area contributed by atoms with Gasteiger partial charge < -0.3 is 14.6 Å². The number of esters is 1. The van der Waals surface area contributed by atoms with Crippen LogP contribution in [0.2, 0.25) is 0 Å². The maximum atomic E-state index is 11.6. The van der Waals surface area contributed by atoms with E-state index in [1.165, 1.54) is 0 Å². The van der Waals surface area contributed by atoms with Crippen LogP contribution in [0.25, 0.3) is 0 Å². The summed E-state index contributed by atoms with van der Waals surface area (Å²) in [6, 6.07) is 0. The van der Waals surface area contributed by atoms with Crippen molar-refractivity contribution in [3.8, 4) is 0 Å². The lowest BCUT2D eigenvalue weighted by Crippen LogP contribution is -2.34. The van der Waals surface area contributed by atoms with Crippen LogP contribution < -0.4 is 0 Å². The molecule has 3 atom stereocenters. The minimum atomic E-state index is -3.66. The fourth-order valence-electron chi connectivity index (χ4n) is 1.54. The quantitative estimate of drug-likeness (QED) is 0.577. The topological polar surface area (TPSA) is 99.1 Å². The molecule has 8 heteroatoms. The van der Waals surface area contributed by atoms with Crippen LogP contribution in [0.15, 0.2) is 0 Å². The molecule has 1 N–H and O–H groups in total. The van der Waals surface area contributed by atoms with Gasteiger partial charge in [0.15, 0.2) is 6.29 Å². The predicted molar refractivity (Wildman–Crippen MR) is 65.6 cm³/mol. The summed E-state index contributed by atoms with van der Waals surface area (Å²) in [5.74, 6) is -0.435. The summed E-state index contributed by atoms with van der Waals surface area (Å²) in [6.45, 7) is 4.94. The smallest absolute Gasteiger partial charge is 0.311 e. The van der Waals surface area contributed by atoms with Gasteiger partial charge in [0, 0.05) is 6.42 Å². The highest BCUT2D eigenvalue weighted by molar-refractivity contribution is 7.86. The zero-order valence-corrected chi connectivity index (χ0v) is 12.3. The molecule has 0 amide bonds. The predicted octanol–water partition coefficient (Wildman–Crippen LogP) is 0.0278. The molecule has 0 aliphatic carbocycles. The third kappa shape index (κ3) is 5.43. The fraction of sp³-hybridized carbons (Fsp3) is 0.909. The van der Waals surface area contributed by atoms with E-state index in [9.17, 15) is 18.3 Å². The molecule has 0 aromatic rings. The highest BCUT2D eigenvalue weighted by atomic mass is 32.2. The van der Waals surface area contributed by atoms with Crippen molar-refractivity contribution in [1.29, 1.82) is 0 Å². The van der Waals surface area contributed by atoms with Crippen LogP contribution in [0.1, 0.15) is 27.2 Å². The normalized spacial score (nSPS) is 28.4. The average Bonchev–Trinajstić information content (AvgIpc) is 2.51. The molecular weight excluding hydrogens is 276 g/mol. The van der Waals surface area contributed by atoms with Crippen molar-refractivity contribution >= 4 is 16.1 Å². The molecule has 1 fully saturated rings. The number of aliphatic hydroxyl groups is 1. The lowest BCUT2D eigenvalue weighted by molar-refractivity contribution is -0.162. The Balaban J connectivity index is 2.58. The summed E-state index contributed by atoms with van der Waals surface area (Å²) >= 11 is 0. The first kappa shape index (κ1) is 16.4. The number of carbonyl (C=O) groups excluding carboxylic acids is 1. The van der Waals surface area contributed by atoms with Crippen LogP contribution in [0, 0.1) is 5.41 Å². The summed E-state index contributed by atoms with van der Waals surface area (Å²) in [5, 5.41) is 9.35. The van der Waals surface area contributed by atoms with Gasteiger partial charge in [-0.25, -0.2) is 0 Å². The third-order valence-electron chi connectivity index (χ3n) is 2.47. The number of rotatable bonds is 4. The van der Waals surface area contributed by atoms with E-state index in [4.69, 9.17) is 13.7 Å². The minimum Gasteiger partial charge on any atom is -0.462 e. The molecule has 1 saturated heterocycles. The second-order valence-corrected chi connectivity index (χ2v) is 7.15. The number of aliphatic hydroxyl groups excluding tert-OH is 1. The Labute approximate surface area is 113 Å². The second-order valence-electron chi connectivity index (χ2n) is 5.55. The van der Waals surface area contributed by atoms with E-state index in [0.29, 0.717) is 0 Å². The molecule has 19 heavy (non-hydrogen) atoms. The molecule has 0 radical (unpaired) electrons. The first-order chi connectivity index (χ1) is 8.49. The van der Waals surface area contributed by atoms with Gasteiger partial charge in [-0.15, -0.1) is 0 Å². The Bertz CT molecular complexity index is 423. The number of hydrogen-bond donors (Lipinski definition) is 1. The molecular formula is C11H20O7S. The van der Waals surface area contributed by atoms with Crippen molar-refractivity contribution in [2.45, 2.75) is 45.7 Å². The molecule has 1 aliphatic heterocycles. The van der Waals surface area contributed by atoms with Crippen molar-refractivity contribution in [2.75, 3.05) is 12.9 Å². The van der Waals surface area contributed by atoms with Crippen LogP contribution in [0.5, 0.6) is 0 Å². The van der Waals surface area contributed by atoms with Crippen molar-refractivity contribution in [3.05, 3.63) is 0 Å². The van der Waals surface area contributed by atoms with E-state index in [-0.39, 0.29) is 13.0 Å². The molecule has 7 nitrogen and oxygen atoms in total. The summed E-state index contributed by atoms with van der Waals surface area (Å²) in [5.41, 5.74) is -0.662. The van der Waals surface area contributed by atoms with Gasteiger partial charge in [0.1, 0.15) is 18.8 Å². The lowest BCUT2D eigenvalue weighted by atomic mass is 9.97. The molecule has 1 unspecified atom stereocenters. The van der Waals surface area contributed by atoms with Crippen LogP contribution in [0.3, 0.4) is 0 Å². The van der Waals surface area contributed by atoms with E-state index >= 15 is 0 Å². The molecule has 1 heterocycles. The van der Waals surface area contributed by atoms with E-state index in [0.717, 1.165) is 6.26 Å². The molecule has 112 valence electrons. The van der Waals surface area contributed by atoms with Crippen LogP contribution in [0.4, 0.5) is 0 Å². The average molecular weight is 296 g/mol. The van der Waals surface area contributed by atoms with Crippen molar-refractivity contribution in [2.24, 2.45) is 5.41 Å². The lowest BCUT2D eigenvalue weighted by Gasteiger charge is -2.21. The Kier molecular flexibility index (Phi) is 4.94. The van der Waals surface area contributed by atoms with Gasteiger partial charge in [0.25, 0.3) is 10.1 Å². The van der Waals surface area contributed by atoms with Crippen molar-refractivity contribution < 1.29 is 32.0 Å². The van der Waals surface area contributed by atoms with Crippen molar-refractivity contribution in [1.82, 2.24) is 0 Å². The summed E-state index contributed by atoms with van der Waals surface area (Å²) in [7, 11) is -3.66. The van der Waals surface area contributed by atoms with Gasteiger partial charge in [-0.05, 0) is 20.8 Å². The Morgan fingerprint density at radius 1 is 1.42 bits per heavy atom. The number of hydrogen-bond acceptors (Lipinski definition) is 7. The second kappa shape index (κ2) is 5.74. The van der Waals surface area contributed by atoms with E-state index in [1.807, 2.05) is 0 Å². The molecule has 0 aromatic carbocycles. The summed E-state index contributed by atoms with van der Waals surface area (Å²) < 4.78 is 37.0. The number of carbonyl (C=O) groups is 1. The molecule has 0 aromatic heterocycles. The van der Waals surface area contributed by atoms with Gasteiger partial charge in [-0.2, -0.15) is 8.42 Å². The zero-order valence-electron chi connectivity index (χ0n) is 11.5. The third-order valence-corrected chi connectivity index (χ3v) is 3.07. The van der Waals surface area contributed by atoms with Gasteiger partial charge >= 0.3 is 5.97 Å². The standard InChI is InChI=1S/C11H20O7S/c1-11(2,3)10(13)16-6-8-7(5-9(12)17-8)18-19(4,14)15/h7-9,12H,5-6H2,1-4H3/t7-,8+,9?/m0/s1. The van der Waals surface area contributed by atoms with E-state index in [1.54, 1.807) is 20.8 Å². The van der Waals surface area contributed by atoms with Gasteiger partial charge in [0.2, 0.25) is 0 Å².